The third kappa shape index (κ3) is 2.16. The number of hydrogen-bond donors (Lipinski definition) is 1. The molecule has 1 aliphatic rings. The predicted octanol–water partition coefficient (Wildman–Crippen LogP) is 1.95. The molecule has 3 rings (SSSR count). The second kappa shape index (κ2) is 4.90. The molecule has 2 aromatic rings. The van der Waals surface area contributed by atoms with Gasteiger partial charge in [-0.3, -0.25) is 4.68 Å². The van der Waals surface area contributed by atoms with Crippen molar-refractivity contribution in [3.8, 4) is 11.4 Å². The lowest BCUT2D eigenvalue weighted by molar-refractivity contribution is 0.434. The molecule has 0 spiro atoms. The monoisotopic (exact) mass is 242 g/mol. The van der Waals surface area contributed by atoms with E-state index in [1.807, 2.05) is 29.9 Å². The Balaban J connectivity index is 1.91. The SMILES string of the molecule is Cn1nc(-c2ccccc2)nc1C1CCCNC1. The molecular formula is C14H18N4. The van der Waals surface area contributed by atoms with Crippen LogP contribution in [-0.2, 0) is 7.05 Å². The first-order valence-electron chi connectivity index (χ1n) is 6.51. The highest BCUT2D eigenvalue weighted by Gasteiger charge is 2.21. The van der Waals surface area contributed by atoms with Crippen molar-refractivity contribution in [1.29, 1.82) is 0 Å². The number of benzene rings is 1. The van der Waals surface area contributed by atoms with E-state index < -0.39 is 0 Å². The van der Waals surface area contributed by atoms with Crippen molar-refractivity contribution in [2.45, 2.75) is 18.8 Å². The highest BCUT2D eigenvalue weighted by atomic mass is 15.3. The molecule has 1 fully saturated rings. The number of nitrogens with zero attached hydrogens (tertiary/aromatic N) is 3. The van der Waals surface area contributed by atoms with E-state index in [-0.39, 0.29) is 0 Å². The standard InChI is InChI=1S/C14H18N4/c1-18-14(12-8-5-9-15-10-12)16-13(17-18)11-6-3-2-4-7-11/h2-4,6-7,12,15H,5,8-10H2,1H3. The summed E-state index contributed by atoms with van der Waals surface area (Å²) in [5.41, 5.74) is 1.09. The molecule has 1 aromatic carbocycles. The molecule has 1 unspecified atom stereocenters. The average Bonchev–Trinajstić information content (AvgIpc) is 2.83. The fourth-order valence-electron chi connectivity index (χ4n) is 2.53. The van der Waals surface area contributed by atoms with Crippen molar-refractivity contribution < 1.29 is 0 Å². The van der Waals surface area contributed by atoms with E-state index >= 15 is 0 Å². The highest BCUT2D eigenvalue weighted by Crippen LogP contribution is 2.23. The van der Waals surface area contributed by atoms with Gasteiger partial charge in [0.25, 0.3) is 0 Å². The summed E-state index contributed by atoms with van der Waals surface area (Å²) in [4.78, 5) is 4.72. The molecule has 1 aliphatic heterocycles. The Morgan fingerprint density at radius 1 is 1.28 bits per heavy atom. The molecule has 1 saturated heterocycles. The van der Waals surface area contributed by atoms with E-state index in [2.05, 4.69) is 22.5 Å². The topological polar surface area (TPSA) is 42.7 Å². The van der Waals surface area contributed by atoms with E-state index in [0.717, 1.165) is 30.3 Å². The minimum Gasteiger partial charge on any atom is -0.316 e. The Morgan fingerprint density at radius 3 is 2.83 bits per heavy atom. The van der Waals surface area contributed by atoms with Gasteiger partial charge in [0.05, 0.1) is 0 Å². The molecule has 94 valence electrons. The molecule has 18 heavy (non-hydrogen) atoms. The van der Waals surface area contributed by atoms with Crippen LogP contribution in [0.25, 0.3) is 11.4 Å². The molecule has 0 bridgehead atoms. The first-order valence-corrected chi connectivity index (χ1v) is 6.51. The van der Waals surface area contributed by atoms with Gasteiger partial charge in [0.2, 0.25) is 0 Å². The fourth-order valence-corrected chi connectivity index (χ4v) is 2.53. The number of rotatable bonds is 2. The van der Waals surface area contributed by atoms with Gasteiger partial charge in [0.1, 0.15) is 5.82 Å². The zero-order valence-electron chi connectivity index (χ0n) is 10.6. The van der Waals surface area contributed by atoms with Gasteiger partial charge < -0.3 is 5.32 Å². The molecule has 4 nitrogen and oxygen atoms in total. The third-order valence-electron chi connectivity index (χ3n) is 3.49. The third-order valence-corrected chi connectivity index (χ3v) is 3.49. The molecule has 0 amide bonds. The summed E-state index contributed by atoms with van der Waals surface area (Å²) in [6, 6.07) is 10.2. The molecule has 1 aromatic heterocycles. The van der Waals surface area contributed by atoms with Gasteiger partial charge in [-0.05, 0) is 19.4 Å². The maximum absolute atomic E-state index is 4.72. The van der Waals surface area contributed by atoms with Gasteiger partial charge >= 0.3 is 0 Å². The lowest BCUT2D eigenvalue weighted by Gasteiger charge is -2.21. The number of aryl methyl sites for hydroxylation is 1. The number of piperidine rings is 1. The van der Waals surface area contributed by atoms with E-state index in [1.54, 1.807) is 0 Å². The summed E-state index contributed by atoms with van der Waals surface area (Å²) in [7, 11) is 1.99. The van der Waals surface area contributed by atoms with Crippen LogP contribution in [0.5, 0.6) is 0 Å². The summed E-state index contributed by atoms with van der Waals surface area (Å²) < 4.78 is 1.93. The van der Waals surface area contributed by atoms with Crippen molar-refractivity contribution >= 4 is 0 Å². The summed E-state index contributed by atoms with van der Waals surface area (Å²) >= 11 is 0. The van der Waals surface area contributed by atoms with Crippen molar-refractivity contribution in [3.63, 3.8) is 0 Å². The highest BCUT2D eigenvalue weighted by molar-refractivity contribution is 5.54. The van der Waals surface area contributed by atoms with E-state index in [1.165, 1.54) is 12.8 Å². The van der Waals surface area contributed by atoms with Crippen LogP contribution in [0.1, 0.15) is 24.6 Å². The van der Waals surface area contributed by atoms with Crippen LogP contribution >= 0.6 is 0 Å². The first kappa shape index (κ1) is 11.4. The van der Waals surface area contributed by atoms with Gasteiger partial charge in [-0.25, -0.2) is 4.98 Å². The van der Waals surface area contributed by atoms with Crippen LogP contribution in [0.3, 0.4) is 0 Å². The number of nitrogens with one attached hydrogen (secondary N) is 1. The van der Waals surface area contributed by atoms with Gasteiger partial charge in [0, 0.05) is 25.1 Å². The maximum atomic E-state index is 4.72. The first-order chi connectivity index (χ1) is 8.84. The van der Waals surface area contributed by atoms with Crippen molar-refractivity contribution in [1.82, 2.24) is 20.1 Å². The van der Waals surface area contributed by atoms with Crippen LogP contribution in [0.15, 0.2) is 30.3 Å². The zero-order valence-corrected chi connectivity index (χ0v) is 10.6. The molecule has 0 aliphatic carbocycles. The van der Waals surface area contributed by atoms with Crippen LogP contribution in [-0.4, -0.2) is 27.9 Å². The van der Waals surface area contributed by atoms with Crippen LogP contribution in [0, 0.1) is 0 Å². The maximum Gasteiger partial charge on any atom is 0.181 e. The Morgan fingerprint density at radius 2 is 2.11 bits per heavy atom. The van der Waals surface area contributed by atoms with Crippen LogP contribution in [0.2, 0.25) is 0 Å². The lowest BCUT2D eigenvalue weighted by Crippen LogP contribution is -2.29. The summed E-state index contributed by atoms with van der Waals surface area (Å²) in [6.07, 6.45) is 2.42. The van der Waals surface area contributed by atoms with E-state index in [4.69, 9.17) is 4.98 Å². The summed E-state index contributed by atoms with van der Waals surface area (Å²) in [6.45, 7) is 2.14. The van der Waals surface area contributed by atoms with E-state index in [0.29, 0.717) is 5.92 Å². The molecule has 1 N–H and O–H groups in total. The van der Waals surface area contributed by atoms with Gasteiger partial charge in [-0.2, -0.15) is 5.10 Å². The second-order valence-corrected chi connectivity index (χ2v) is 4.83. The van der Waals surface area contributed by atoms with Crippen LogP contribution < -0.4 is 5.32 Å². The van der Waals surface area contributed by atoms with Gasteiger partial charge in [-0.15, -0.1) is 0 Å². The molecule has 2 heterocycles. The van der Waals surface area contributed by atoms with E-state index in [9.17, 15) is 0 Å². The predicted molar refractivity (Wildman–Crippen MR) is 71.3 cm³/mol. The minimum absolute atomic E-state index is 0.494. The molecule has 0 saturated carbocycles. The fraction of sp³-hybridized carbons (Fsp3) is 0.429. The normalized spacial score (nSPS) is 19.9. The number of aromatic nitrogens is 3. The van der Waals surface area contributed by atoms with Crippen molar-refractivity contribution in [2.24, 2.45) is 7.05 Å². The second-order valence-electron chi connectivity index (χ2n) is 4.83. The Bertz CT molecular complexity index is 512. The lowest BCUT2D eigenvalue weighted by atomic mass is 9.99. The summed E-state index contributed by atoms with van der Waals surface area (Å²) in [5, 5.41) is 7.96. The smallest absolute Gasteiger partial charge is 0.181 e. The zero-order chi connectivity index (χ0) is 12.4. The van der Waals surface area contributed by atoms with Crippen LogP contribution in [0.4, 0.5) is 0 Å². The Hall–Kier alpha value is -1.68. The van der Waals surface area contributed by atoms with Gasteiger partial charge in [-0.1, -0.05) is 30.3 Å². The largest absolute Gasteiger partial charge is 0.316 e. The minimum atomic E-state index is 0.494. The van der Waals surface area contributed by atoms with Gasteiger partial charge in [0.15, 0.2) is 5.82 Å². The quantitative estimate of drug-likeness (QED) is 0.875. The Labute approximate surface area is 107 Å². The molecule has 1 atom stereocenters. The molecular weight excluding hydrogens is 224 g/mol. The Kier molecular flexibility index (Phi) is 3.11. The summed E-state index contributed by atoms with van der Waals surface area (Å²) in [5.74, 6) is 2.42. The van der Waals surface area contributed by atoms with Crippen molar-refractivity contribution in [2.75, 3.05) is 13.1 Å². The average molecular weight is 242 g/mol. The number of hydrogen-bond acceptors (Lipinski definition) is 3. The van der Waals surface area contributed by atoms with Crippen molar-refractivity contribution in [3.05, 3.63) is 36.2 Å². The molecule has 0 radical (unpaired) electrons. The molecule has 4 heteroatoms.